The molecule has 1 aliphatic rings. The predicted molar refractivity (Wildman–Crippen MR) is 71.8 cm³/mol. The van der Waals surface area contributed by atoms with Crippen LogP contribution in [-0.2, 0) is 4.74 Å². The highest BCUT2D eigenvalue weighted by atomic mass is 16.5. The van der Waals surface area contributed by atoms with Gasteiger partial charge >= 0.3 is 0 Å². The fourth-order valence-corrected chi connectivity index (χ4v) is 2.64. The maximum absolute atomic E-state index is 5.95. The average Bonchev–Trinajstić information content (AvgIpc) is 2.33. The molecule has 3 N–H and O–H groups in total. The van der Waals surface area contributed by atoms with Gasteiger partial charge in [-0.25, -0.2) is 0 Å². The van der Waals surface area contributed by atoms with Crippen molar-refractivity contribution in [2.24, 2.45) is 11.1 Å². The molecule has 1 aliphatic heterocycles. The molecular weight excluding hydrogens is 228 g/mol. The number of rotatable bonds is 5. The molecular formula is C14H22N2O2. The third-order valence-electron chi connectivity index (χ3n) is 3.78. The van der Waals surface area contributed by atoms with Crippen LogP contribution in [0.4, 0.5) is 0 Å². The molecule has 0 saturated carbocycles. The molecule has 1 heterocycles. The molecule has 0 radical (unpaired) electrons. The van der Waals surface area contributed by atoms with E-state index in [1.807, 2.05) is 13.1 Å². The van der Waals surface area contributed by atoms with Gasteiger partial charge in [-0.15, -0.1) is 0 Å². The molecule has 0 aromatic heterocycles. The lowest BCUT2D eigenvalue weighted by Crippen LogP contribution is -2.55. The van der Waals surface area contributed by atoms with Gasteiger partial charge in [0.1, 0.15) is 5.75 Å². The highest BCUT2D eigenvalue weighted by Gasteiger charge is 2.45. The Kier molecular flexibility index (Phi) is 3.90. The van der Waals surface area contributed by atoms with Crippen molar-refractivity contribution in [3.8, 4) is 5.75 Å². The van der Waals surface area contributed by atoms with Crippen molar-refractivity contribution in [2.45, 2.75) is 13.0 Å². The summed E-state index contributed by atoms with van der Waals surface area (Å²) in [6.45, 7) is 4.09. The first-order valence-corrected chi connectivity index (χ1v) is 6.26. The van der Waals surface area contributed by atoms with Gasteiger partial charge < -0.3 is 20.5 Å². The number of methoxy groups -OCH3 is 1. The molecule has 1 aromatic rings. The van der Waals surface area contributed by atoms with Crippen LogP contribution in [0.5, 0.6) is 5.75 Å². The van der Waals surface area contributed by atoms with Crippen LogP contribution in [0.2, 0.25) is 0 Å². The second-order valence-corrected chi connectivity index (χ2v) is 5.03. The first-order chi connectivity index (χ1) is 8.66. The van der Waals surface area contributed by atoms with E-state index in [9.17, 15) is 0 Å². The van der Waals surface area contributed by atoms with Gasteiger partial charge in [0.25, 0.3) is 0 Å². The van der Waals surface area contributed by atoms with Crippen molar-refractivity contribution >= 4 is 0 Å². The van der Waals surface area contributed by atoms with Gasteiger partial charge in [0.2, 0.25) is 0 Å². The third-order valence-corrected chi connectivity index (χ3v) is 3.78. The van der Waals surface area contributed by atoms with Crippen molar-refractivity contribution in [3.63, 3.8) is 0 Å². The maximum Gasteiger partial charge on any atom is 0.123 e. The van der Waals surface area contributed by atoms with Crippen LogP contribution in [0.25, 0.3) is 0 Å². The van der Waals surface area contributed by atoms with Crippen LogP contribution in [-0.4, -0.2) is 33.9 Å². The molecule has 1 atom stereocenters. The summed E-state index contributed by atoms with van der Waals surface area (Å²) >= 11 is 0. The summed E-state index contributed by atoms with van der Waals surface area (Å²) in [4.78, 5) is 0. The average molecular weight is 250 g/mol. The lowest BCUT2D eigenvalue weighted by molar-refractivity contribution is -0.127. The van der Waals surface area contributed by atoms with Crippen molar-refractivity contribution in [1.29, 1.82) is 0 Å². The van der Waals surface area contributed by atoms with Gasteiger partial charge in [-0.05, 0) is 20.0 Å². The Labute approximate surface area is 108 Å². The summed E-state index contributed by atoms with van der Waals surface area (Å²) in [5.41, 5.74) is 8.32. The monoisotopic (exact) mass is 250 g/mol. The van der Waals surface area contributed by atoms with Gasteiger partial charge in [0.05, 0.1) is 20.3 Å². The largest absolute Gasteiger partial charge is 0.496 e. The highest BCUT2D eigenvalue weighted by Crippen LogP contribution is 2.42. The van der Waals surface area contributed by atoms with Crippen LogP contribution in [0, 0.1) is 12.3 Å². The van der Waals surface area contributed by atoms with E-state index in [-0.39, 0.29) is 11.5 Å². The summed E-state index contributed by atoms with van der Waals surface area (Å²) in [6, 6.07) is 6.39. The summed E-state index contributed by atoms with van der Waals surface area (Å²) in [6.07, 6.45) is 0. The van der Waals surface area contributed by atoms with Gasteiger partial charge in [-0.1, -0.05) is 17.7 Å². The number of hydrogen-bond donors (Lipinski definition) is 2. The smallest absolute Gasteiger partial charge is 0.123 e. The third kappa shape index (κ3) is 2.11. The van der Waals surface area contributed by atoms with Gasteiger partial charge in [-0.2, -0.15) is 0 Å². The molecule has 4 heteroatoms. The van der Waals surface area contributed by atoms with E-state index < -0.39 is 0 Å². The second-order valence-electron chi connectivity index (χ2n) is 5.03. The zero-order chi connectivity index (χ0) is 13.2. The van der Waals surface area contributed by atoms with Gasteiger partial charge in [0.15, 0.2) is 0 Å². The minimum Gasteiger partial charge on any atom is -0.496 e. The van der Waals surface area contributed by atoms with E-state index in [1.54, 1.807) is 7.11 Å². The second kappa shape index (κ2) is 5.26. The van der Waals surface area contributed by atoms with Gasteiger partial charge in [-0.3, -0.25) is 0 Å². The molecule has 1 fully saturated rings. The first-order valence-electron chi connectivity index (χ1n) is 6.26. The quantitative estimate of drug-likeness (QED) is 0.825. The lowest BCUT2D eigenvalue weighted by Gasteiger charge is -2.46. The number of nitrogens with one attached hydrogen (secondary N) is 1. The Morgan fingerprint density at radius 1 is 1.50 bits per heavy atom. The SMILES string of the molecule is CNC(c1cc(C)ccc1OC)C1(CN)COC1. The maximum atomic E-state index is 5.95. The van der Waals surface area contributed by atoms with Crippen molar-refractivity contribution in [2.75, 3.05) is 33.9 Å². The molecule has 1 unspecified atom stereocenters. The Balaban J connectivity index is 2.40. The predicted octanol–water partition coefficient (Wildman–Crippen LogP) is 1.24. The zero-order valence-corrected chi connectivity index (χ0v) is 11.3. The Morgan fingerprint density at radius 3 is 2.67 bits per heavy atom. The fraction of sp³-hybridized carbons (Fsp3) is 0.571. The van der Waals surface area contributed by atoms with Crippen molar-refractivity contribution in [1.82, 2.24) is 5.32 Å². The molecule has 0 amide bonds. The number of nitrogens with two attached hydrogens (primary N) is 1. The van der Waals surface area contributed by atoms with Crippen LogP contribution in [0.3, 0.4) is 0 Å². The molecule has 1 saturated heterocycles. The van der Waals surface area contributed by atoms with Crippen LogP contribution < -0.4 is 15.8 Å². The van der Waals surface area contributed by atoms with E-state index in [4.69, 9.17) is 15.2 Å². The molecule has 100 valence electrons. The molecule has 18 heavy (non-hydrogen) atoms. The van der Waals surface area contributed by atoms with Crippen molar-refractivity contribution < 1.29 is 9.47 Å². The van der Waals surface area contributed by atoms with E-state index in [2.05, 4.69) is 24.4 Å². The normalized spacial score (nSPS) is 19.1. The van der Waals surface area contributed by atoms with Crippen LogP contribution in [0.15, 0.2) is 18.2 Å². The van der Waals surface area contributed by atoms with Crippen molar-refractivity contribution in [3.05, 3.63) is 29.3 Å². The minimum atomic E-state index is -0.0180. The standard InChI is InChI=1S/C14H22N2O2/c1-10-4-5-12(17-3)11(6-10)13(16-2)14(7-15)8-18-9-14/h4-6,13,16H,7-9,15H2,1-3H3. The number of ether oxygens (including phenoxy) is 2. The molecule has 4 nitrogen and oxygen atoms in total. The topological polar surface area (TPSA) is 56.5 Å². The highest BCUT2D eigenvalue weighted by molar-refractivity contribution is 5.40. The molecule has 0 spiro atoms. The van der Waals surface area contributed by atoms with E-state index in [0.717, 1.165) is 11.3 Å². The van der Waals surface area contributed by atoms with Crippen LogP contribution in [0.1, 0.15) is 17.2 Å². The molecule has 0 bridgehead atoms. The van der Waals surface area contributed by atoms with Crippen LogP contribution >= 0.6 is 0 Å². The minimum absolute atomic E-state index is 0.0180. The lowest BCUT2D eigenvalue weighted by atomic mass is 9.74. The summed E-state index contributed by atoms with van der Waals surface area (Å²) in [7, 11) is 3.66. The first kappa shape index (κ1) is 13.3. The van der Waals surface area contributed by atoms with E-state index in [1.165, 1.54) is 5.56 Å². The number of aryl methyl sites for hydroxylation is 1. The van der Waals surface area contributed by atoms with Gasteiger partial charge in [0, 0.05) is 23.6 Å². The van der Waals surface area contributed by atoms with E-state index in [0.29, 0.717) is 19.8 Å². The summed E-state index contributed by atoms with van der Waals surface area (Å²) in [5.74, 6) is 0.902. The number of benzene rings is 1. The fourth-order valence-electron chi connectivity index (χ4n) is 2.64. The Bertz CT molecular complexity index is 411. The zero-order valence-electron chi connectivity index (χ0n) is 11.3. The Morgan fingerprint density at radius 2 is 2.22 bits per heavy atom. The summed E-state index contributed by atoms with van der Waals surface area (Å²) < 4.78 is 10.8. The molecule has 1 aromatic carbocycles. The molecule has 2 rings (SSSR count). The van der Waals surface area contributed by atoms with E-state index >= 15 is 0 Å². The summed E-state index contributed by atoms with van der Waals surface area (Å²) in [5, 5.41) is 3.37. The Hall–Kier alpha value is -1.10. The molecule has 0 aliphatic carbocycles. The number of hydrogen-bond acceptors (Lipinski definition) is 4.